The molecule has 0 unspecified atom stereocenters. The van der Waals surface area contributed by atoms with Crippen molar-refractivity contribution >= 4 is 17.4 Å². The van der Waals surface area contributed by atoms with Gasteiger partial charge in [-0.25, -0.2) is 4.79 Å². The summed E-state index contributed by atoms with van der Waals surface area (Å²) >= 11 is 0. The van der Waals surface area contributed by atoms with E-state index in [-0.39, 0.29) is 17.5 Å². The van der Waals surface area contributed by atoms with E-state index >= 15 is 0 Å². The van der Waals surface area contributed by atoms with Gasteiger partial charge < -0.3 is 15.4 Å². The van der Waals surface area contributed by atoms with Gasteiger partial charge in [0.15, 0.2) is 0 Å². The SMILES string of the molecule is COc1cc([N+](=O)[O-])ccc1NC(=O)NCCC(C)C. The van der Waals surface area contributed by atoms with Gasteiger partial charge in [0, 0.05) is 12.6 Å². The lowest BCUT2D eigenvalue weighted by molar-refractivity contribution is -0.384. The molecular weight excluding hydrogens is 262 g/mol. The summed E-state index contributed by atoms with van der Waals surface area (Å²) in [6, 6.07) is 3.66. The van der Waals surface area contributed by atoms with Gasteiger partial charge in [-0.1, -0.05) is 13.8 Å². The molecular formula is C13H19N3O4. The van der Waals surface area contributed by atoms with Gasteiger partial charge in [0.05, 0.1) is 23.8 Å². The van der Waals surface area contributed by atoms with Crippen LogP contribution in [-0.2, 0) is 0 Å². The van der Waals surface area contributed by atoms with Crippen molar-refractivity contribution in [2.24, 2.45) is 5.92 Å². The van der Waals surface area contributed by atoms with Crippen LogP contribution in [0.25, 0.3) is 0 Å². The number of nitrogens with zero attached hydrogens (tertiary/aromatic N) is 1. The van der Waals surface area contributed by atoms with Crippen LogP contribution in [0.15, 0.2) is 18.2 Å². The third-order valence-electron chi connectivity index (χ3n) is 2.65. The molecule has 0 heterocycles. The Bertz CT molecular complexity index is 489. The molecule has 0 aliphatic heterocycles. The highest BCUT2D eigenvalue weighted by Crippen LogP contribution is 2.28. The van der Waals surface area contributed by atoms with Crippen LogP contribution in [0.2, 0.25) is 0 Å². The minimum atomic E-state index is -0.519. The number of anilines is 1. The molecule has 7 heteroatoms. The molecule has 1 rings (SSSR count). The molecule has 0 saturated carbocycles. The predicted molar refractivity (Wildman–Crippen MR) is 76.1 cm³/mol. The third kappa shape index (κ3) is 4.75. The van der Waals surface area contributed by atoms with Gasteiger partial charge in [0.2, 0.25) is 0 Å². The lowest BCUT2D eigenvalue weighted by Gasteiger charge is -2.11. The summed E-state index contributed by atoms with van der Waals surface area (Å²) in [4.78, 5) is 21.8. The predicted octanol–water partition coefficient (Wildman–Crippen LogP) is 2.77. The van der Waals surface area contributed by atoms with Gasteiger partial charge in [0.1, 0.15) is 5.75 Å². The number of benzene rings is 1. The van der Waals surface area contributed by atoms with Gasteiger partial charge >= 0.3 is 6.03 Å². The summed E-state index contributed by atoms with van der Waals surface area (Å²) in [7, 11) is 1.39. The van der Waals surface area contributed by atoms with E-state index in [9.17, 15) is 14.9 Å². The van der Waals surface area contributed by atoms with E-state index in [4.69, 9.17) is 4.74 Å². The number of hydrogen-bond donors (Lipinski definition) is 2. The van der Waals surface area contributed by atoms with E-state index in [2.05, 4.69) is 24.5 Å². The lowest BCUT2D eigenvalue weighted by atomic mass is 10.1. The highest BCUT2D eigenvalue weighted by atomic mass is 16.6. The van der Waals surface area contributed by atoms with E-state index in [0.717, 1.165) is 6.42 Å². The minimum absolute atomic E-state index is 0.0902. The number of carbonyl (C=O) groups excluding carboxylic acids is 1. The Morgan fingerprint density at radius 2 is 2.15 bits per heavy atom. The van der Waals surface area contributed by atoms with Crippen LogP contribution < -0.4 is 15.4 Å². The van der Waals surface area contributed by atoms with Crippen LogP contribution in [0.3, 0.4) is 0 Å². The third-order valence-corrected chi connectivity index (χ3v) is 2.65. The van der Waals surface area contributed by atoms with E-state index in [1.807, 2.05) is 0 Å². The molecule has 0 fully saturated rings. The molecule has 0 aliphatic rings. The average molecular weight is 281 g/mol. The van der Waals surface area contributed by atoms with Crippen molar-refractivity contribution in [2.75, 3.05) is 19.0 Å². The molecule has 7 nitrogen and oxygen atoms in total. The zero-order valence-corrected chi connectivity index (χ0v) is 11.8. The number of hydrogen-bond acceptors (Lipinski definition) is 4. The first-order valence-electron chi connectivity index (χ1n) is 6.31. The normalized spacial score (nSPS) is 10.2. The molecule has 0 saturated heterocycles. The van der Waals surface area contributed by atoms with Gasteiger partial charge in [-0.3, -0.25) is 10.1 Å². The smallest absolute Gasteiger partial charge is 0.319 e. The fraction of sp³-hybridized carbons (Fsp3) is 0.462. The Morgan fingerprint density at radius 3 is 2.70 bits per heavy atom. The van der Waals surface area contributed by atoms with Crippen molar-refractivity contribution in [1.29, 1.82) is 0 Å². The molecule has 20 heavy (non-hydrogen) atoms. The Labute approximate surface area is 117 Å². The van der Waals surface area contributed by atoms with E-state index in [1.165, 1.54) is 25.3 Å². The molecule has 1 aromatic rings. The van der Waals surface area contributed by atoms with Crippen molar-refractivity contribution in [2.45, 2.75) is 20.3 Å². The second-order valence-corrected chi connectivity index (χ2v) is 4.71. The molecule has 0 atom stereocenters. The summed E-state index contributed by atoms with van der Waals surface area (Å²) in [6.07, 6.45) is 0.880. The Kier molecular flexibility index (Phi) is 5.76. The van der Waals surface area contributed by atoms with Crippen LogP contribution >= 0.6 is 0 Å². The van der Waals surface area contributed by atoms with Gasteiger partial charge in [-0.2, -0.15) is 0 Å². The quantitative estimate of drug-likeness (QED) is 0.619. The standard InChI is InChI=1S/C13H19N3O4/c1-9(2)6-7-14-13(17)15-11-5-4-10(16(18)19)8-12(11)20-3/h4-5,8-9H,6-7H2,1-3H3,(H2,14,15,17). The number of non-ortho nitro benzene ring substituents is 1. The molecule has 0 bridgehead atoms. The number of nitro benzene ring substituents is 1. The number of urea groups is 1. The Balaban J connectivity index is 2.67. The van der Waals surface area contributed by atoms with Gasteiger partial charge in [-0.15, -0.1) is 0 Å². The number of methoxy groups -OCH3 is 1. The maximum absolute atomic E-state index is 11.7. The number of ether oxygens (including phenoxy) is 1. The van der Waals surface area contributed by atoms with E-state index < -0.39 is 4.92 Å². The highest BCUT2D eigenvalue weighted by molar-refractivity contribution is 5.91. The molecule has 0 radical (unpaired) electrons. The number of carbonyl (C=O) groups is 1. The largest absolute Gasteiger partial charge is 0.494 e. The van der Waals surface area contributed by atoms with Crippen LogP contribution in [-0.4, -0.2) is 24.6 Å². The summed E-state index contributed by atoms with van der Waals surface area (Å²) in [5.74, 6) is 0.752. The summed E-state index contributed by atoms with van der Waals surface area (Å²) in [6.45, 7) is 4.71. The van der Waals surface area contributed by atoms with Crippen LogP contribution in [0, 0.1) is 16.0 Å². The topological polar surface area (TPSA) is 93.5 Å². The van der Waals surface area contributed by atoms with Crippen molar-refractivity contribution in [3.05, 3.63) is 28.3 Å². The first-order chi connectivity index (χ1) is 9.43. The maximum atomic E-state index is 11.7. The number of rotatable bonds is 6. The fourth-order valence-corrected chi connectivity index (χ4v) is 1.54. The Morgan fingerprint density at radius 1 is 1.45 bits per heavy atom. The fourth-order valence-electron chi connectivity index (χ4n) is 1.54. The molecule has 0 aliphatic carbocycles. The van der Waals surface area contributed by atoms with Crippen molar-refractivity contribution in [1.82, 2.24) is 5.32 Å². The van der Waals surface area contributed by atoms with Crippen molar-refractivity contribution in [3.8, 4) is 5.75 Å². The molecule has 2 N–H and O–H groups in total. The molecule has 0 spiro atoms. The van der Waals surface area contributed by atoms with Crippen LogP contribution in [0.4, 0.5) is 16.2 Å². The first kappa shape index (κ1) is 15.7. The zero-order valence-electron chi connectivity index (χ0n) is 11.8. The van der Waals surface area contributed by atoms with E-state index in [0.29, 0.717) is 18.2 Å². The van der Waals surface area contributed by atoms with Gasteiger partial charge in [0.25, 0.3) is 5.69 Å². The molecule has 110 valence electrons. The van der Waals surface area contributed by atoms with E-state index in [1.54, 1.807) is 0 Å². The highest BCUT2D eigenvalue weighted by Gasteiger charge is 2.13. The van der Waals surface area contributed by atoms with Crippen molar-refractivity contribution in [3.63, 3.8) is 0 Å². The number of nitro groups is 1. The maximum Gasteiger partial charge on any atom is 0.319 e. The van der Waals surface area contributed by atoms with Gasteiger partial charge in [-0.05, 0) is 18.4 Å². The lowest BCUT2D eigenvalue weighted by Crippen LogP contribution is -2.30. The van der Waals surface area contributed by atoms with Crippen LogP contribution in [0.1, 0.15) is 20.3 Å². The average Bonchev–Trinajstić information content (AvgIpc) is 2.38. The summed E-state index contributed by atoms with van der Waals surface area (Å²) in [5.41, 5.74) is 0.299. The first-order valence-corrected chi connectivity index (χ1v) is 6.31. The summed E-state index contributed by atoms with van der Waals surface area (Å²) < 4.78 is 5.03. The molecule has 1 aromatic carbocycles. The second-order valence-electron chi connectivity index (χ2n) is 4.71. The summed E-state index contributed by atoms with van der Waals surface area (Å²) in [5, 5.41) is 16.0. The van der Waals surface area contributed by atoms with Crippen LogP contribution in [0.5, 0.6) is 5.75 Å². The second kappa shape index (κ2) is 7.32. The Hall–Kier alpha value is -2.31. The monoisotopic (exact) mass is 281 g/mol. The number of nitrogens with one attached hydrogen (secondary N) is 2. The minimum Gasteiger partial charge on any atom is -0.494 e. The number of amides is 2. The van der Waals surface area contributed by atoms with Crippen molar-refractivity contribution < 1.29 is 14.5 Å². The zero-order chi connectivity index (χ0) is 15.1. The molecule has 2 amide bonds. The molecule has 0 aromatic heterocycles.